The van der Waals surface area contributed by atoms with Crippen LogP contribution in [0, 0.1) is 5.82 Å². The van der Waals surface area contributed by atoms with Crippen molar-refractivity contribution in [3.63, 3.8) is 0 Å². The smallest absolute Gasteiger partial charge is 0.334 e. The first kappa shape index (κ1) is 18.0. The Morgan fingerprint density at radius 2 is 2.00 bits per heavy atom. The van der Waals surface area contributed by atoms with Gasteiger partial charge in [0, 0.05) is 19.4 Å². The quantitative estimate of drug-likeness (QED) is 0.845. The molecule has 0 aromatic heterocycles. The number of carboxylic acid groups (broad SMARTS) is 1. The zero-order valence-electron chi connectivity index (χ0n) is 13.9. The van der Waals surface area contributed by atoms with E-state index < -0.39 is 18.0 Å². The van der Waals surface area contributed by atoms with Crippen molar-refractivity contribution in [2.24, 2.45) is 5.10 Å². The second-order valence-electron chi connectivity index (χ2n) is 6.07. The molecule has 1 saturated heterocycles. The molecule has 1 unspecified atom stereocenters. The number of carboxylic acids is 1. The van der Waals surface area contributed by atoms with Gasteiger partial charge in [-0.3, -0.25) is 9.59 Å². The highest BCUT2D eigenvalue weighted by atomic mass is 19.1. The van der Waals surface area contributed by atoms with Gasteiger partial charge in [0.25, 0.3) is 5.91 Å². The number of benzene rings is 1. The van der Waals surface area contributed by atoms with Crippen LogP contribution in [0.15, 0.2) is 29.4 Å². The number of carbonyl (C=O) groups is 3. The summed E-state index contributed by atoms with van der Waals surface area (Å²) in [5.74, 6) is -2.12. The number of halogens is 1. The van der Waals surface area contributed by atoms with E-state index in [1.54, 1.807) is 12.1 Å². The summed E-state index contributed by atoms with van der Waals surface area (Å²) < 4.78 is 18.1. The number of morpholine rings is 1. The van der Waals surface area contributed by atoms with Crippen molar-refractivity contribution >= 4 is 23.5 Å². The van der Waals surface area contributed by atoms with Crippen molar-refractivity contribution in [2.45, 2.75) is 25.5 Å². The van der Waals surface area contributed by atoms with Crippen molar-refractivity contribution in [3.05, 3.63) is 35.6 Å². The van der Waals surface area contributed by atoms with Gasteiger partial charge in [-0.25, -0.2) is 14.2 Å². The first-order chi connectivity index (χ1) is 12.4. The first-order valence-electron chi connectivity index (χ1n) is 8.20. The number of aliphatic carboxylic acids is 1. The molecule has 1 atom stereocenters. The summed E-state index contributed by atoms with van der Waals surface area (Å²) in [4.78, 5) is 37.1. The second kappa shape index (κ2) is 7.61. The molecule has 9 heteroatoms. The summed E-state index contributed by atoms with van der Waals surface area (Å²) in [6, 6.07) is 5.68. The molecule has 0 saturated carbocycles. The van der Waals surface area contributed by atoms with E-state index in [-0.39, 0.29) is 56.5 Å². The number of hydrogen-bond donors (Lipinski definition) is 1. The molecule has 2 heterocycles. The molecule has 0 spiro atoms. The van der Waals surface area contributed by atoms with E-state index in [9.17, 15) is 18.8 Å². The molecular formula is C17H18FN3O5. The molecule has 1 N–H and O–H groups in total. The molecule has 1 fully saturated rings. The number of rotatable bonds is 4. The monoisotopic (exact) mass is 363 g/mol. The SMILES string of the molecule is O=C(O)C1CN(C(=O)C2=NN(Cc3ccc(F)cc3)C(=O)CC2)CCO1. The average Bonchev–Trinajstić information content (AvgIpc) is 2.65. The van der Waals surface area contributed by atoms with E-state index in [0.717, 1.165) is 0 Å². The number of hydrogen-bond acceptors (Lipinski definition) is 5. The molecule has 0 radical (unpaired) electrons. The Morgan fingerprint density at radius 1 is 1.27 bits per heavy atom. The Morgan fingerprint density at radius 3 is 2.69 bits per heavy atom. The van der Waals surface area contributed by atoms with E-state index in [4.69, 9.17) is 9.84 Å². The normalized spacial score (nSPS) is 20.7. The van der Waals surface area contributed by atoms with Crippen LogP contribution in [-0.2, 0) is 25.7 Å². The highest BCUT2D eigenvalue weighted by Gasteiger charge is 2.33. The summed E-state index contributed by atoms with van der Waals surface area (Å²) >= 11 is 0. The Hall–Kier alpha value is -2.81. The highest BCUT2D eigenvalue weighted by Crippen LogP contribution is 2.16. The van der Waals surface area contributed by atoms with Gasteiger partial charge in [0.15, 0.2) is 6.10 Å². The second-order valence-corrected chi connectivity index (χ2v) is 6.07. The predicted molar refractivity (Wildman–Crippen MR) is 87.6 cm³/mol. The topological polar surface area (TPSA) is 99.5 Å². The molecule has 3 rings (SSSR count). The molecule has 2 aliphatic rings. The van der Waals surface area contributed by atoms with Crippen LogP contribution in [0.4, 0.5) is 4.39 Å². The maximum absolute atomic E-state index is 13.0. The zero-order chi connectivity index (χ0) is 18.7. The van der Waals surface area contributed by atoms with Gasteiger partial charge in [-0.2, -0.15) is 5.10 Å². The fourth-order valence-corrected chi connectivity index (χ4v) is 2.81. The van der Waals surface area contributed by atoms with Gasteiger partial charge in [0.05, 0.1) is 19.7 Å². The summed E-state index contributed by atoms with van der Waals surface area (Å²) in [6.45, 7) is 0.484. The van der Waals surface area contributed by atoms with Crippen LogP contribution < -0.4 is 0 Å². The van der Waals surface area contributed by atoms with Crippen molar-refractivity contribution < 1.29 is 28.6 Å². The zero-order valence-corrected chi connectivity index (χ0v) is 13.9. The third kappa shape index (κ3) is 4.05. The van der Waals surface area contributed by atoms with Crippen LogP contribution in [0.25, 0.3) is 0 Å². The number of carbonyl (C=O) groups excluding carboxylic acids is 2. The van der Waals surface area contributed by atoms with Crippen LogP contribution >= 0.6 is 0 Å². The fourth-order valence-electron chi connectivity index (χ4n) is 2.81. The van der Waals surface area contributed by atoms with Gasteiger partial charge < -0.3 is 14.7 Å². The fraction of sp³-hybridized carbons (Fsp3) is 0.412. The first-order valence-corrected chi connectivity index (χ1v) is 8.20. The number of nitrogens with zero attached hydrogens (tertiary/aromatic N) is 3. The lowest BCUT2D eigenvalue weighted by molar-refractivity contribution is -0.157. The average molecular weight is 363 g/mol. The van der Waals surface area contributed by atoms with E-state index in [2.05, 4.69) is 5.10 Å². The summed E-state index contributed by atoms with van der Waals surface area (Å²) in [7, 11) is 0. The van der Waals surface area contributed by atoms with Crippen molar-refractivity contribution in [3.8, 4) is 0 Å². The Labute approximate surface area is 148 Å². The van der Waals surface area contributed by atoms with Gasteiger partial charge in [-0.1, -0.05) is 12.1 Å². The minimum absolute atomic E-state index is 0.0565. The van der Waals surface area contributed by atoms with E-state index in [1.165, 1.54) is 22.0 Å². The molecule has 1 aromatic rings. The van der Waals surface area contributed by atoms with Crippen LogP contribution in [-0.4, -0.2) is 64.3 Å². The standard InChI is InChI=1S/C17H18FN3O5/c18-12-3-1-11(2-4-12)9-21-15(22)6-5-13(19-21)16(23)20-7-8-26-14(10-20)17(24)25/h1-4,14H,5-10H2,(H,24,25). The van der Waals surface area contributed by atoms with Crippen molar-refractivity contribution in [1.82, 2.24) is 9.91 Å². The Bertz CT molecular complexity index is 749. The molecule has 8 nitrogen and oxygen atoms in total. The van der Waals surface area contributed by atoms with Crippen LogP contribution in [0.5, 0.6) is 0 Å². The van der Waals surface area contributed by atoms with Crippen LogP contribution in [0.2, 0.25) is 0 Å². The minimum atomic E-state index is -1.12. The molecule has 0 bridgehead atoms. The van der Waals surface area contributed by atoms with Gasteiger partial charge >= 0.3 is 5.97 Å². The third-order valence-electron chi connectivity index (χ3n) is 4.23. The third-order valence-corrected chi connectivity index (χ3v) is 4.23. The molecule has 138 valence electrons. The number of hydrazone groups is 1. The molecule has 0 aliphatic carbocycles. The number of ether oxygens (including phenoxy) is 1. The van der Waals surface area contributed by atoms with Crippen molar-refractivity contribution in [2.75, 3.05) is 19.7 Å². The summed E-state index contributed by atoms with van der Waals surface area (Å²) in [5.41, 5.74) is 0.896. The molecule has 2 aliphatic heterocycles. The van der Waals surface area contributed by atoms with Crippen LogP contribution in [0.3, 0.4) is 0 Å². The lowest BCUT2D eigenvalue weighted by atomic mass is 10.1. The maximum Gasteiger partial charge on any atom is 0.334 e. The molecule has 2 amide bonds. The summed E-state index contributed by atoms with van der Waals surface area (Å²) in [6.07, 6.45) is -0.723. The molecular weight excluding hydrogens is 345 g/mol. The number of amides is 2. The van der Waals surface area contributed by atoms with E-state index in [1.807, 2.05) is 0 Å². The largest absolute Gasteiger partial charge is 0.479 e. The summed E-state index contributed by atoms with van der Waals surface area (Å²) in [5, 5.41) is 14.4. The van der Waals surface area contributed by atoms with Gasteiger partial charge in [-0.15, -0.1) is 0 Å². The van der Waals surface area contributed by atoms with Gasteiger partial charge in [0.1, 0.15) is 11.5 Å². The Balaban J connectivity index is 1.72. The van der Waals surface area contributed by atoms with Gasteiger partial charge in [-0.05, 0) is 17.7 Å². The van der Waals surface area contributed by atoms with Crippen LogP contribution in [0.1, 0.15) is 18.4 Å². The highest BCUT2D eigenvalue weighted by molar-refractivity contribution is 6.39. The lowest BCUT2D eigenvalue weighted by Gasteiger charge is -2.32. The van der Waals surface area contributed by atoms with Gasteiger partial charge in [0.2, 0.25) is 5.91 Å². The lowest BCUT2D eigenvalue weighted by Crippen LogP contribution is -2.51. The maximum atomic E-state index is 13.0. The predicted octanol–water partition coefficient (Wildman–Crippen LogP) is 0.616. The van der Waals surface area contributed by atoms with E-state index in [0.29, 0.717) is 5.56 Å². The Kier molecular flexibility index (Phi) is 5.27. The minimum Gasteiger partial charge on any atom is -0.479 e. The molecule has 1 aromatic carbocycles. The van der Waals surface area contributed by atoms with E-state index >= 15 is 0 Å². The van der Waals surface area contributed by atoms with Crippen molar-refractivity contribution in [1.29, 1.82) is 0 Å². The molecule has 26 heavy (non-hydrogen) atoms.